The van der Waals surface area contributed by atoms with Gasteiger partial charge in [-0.1, -0.05) is 11.8 Å². The third-order valence-corrected chi connectivity index (χ3v) is 5.30. The molecular formula is C18H20N6OS. The summed E-state index contributed by atoms with van der Waals surface area (Å²) in [6.07, 6.45) is 4.60. The minimum absolute atomic E-state index is 0.552. The van der Waals surface area contributed by atoms with Gasteiger partial charge in [-0.25, -0.2) is 15.0 Å². The lowest BCUT2D eigenvalue weighted by atomic mass is 10.1. The zero-order valence-corrected chi connectivity index (χ0v) is 15.5. The van der Waals surface area contributed by atoms with Gasteiger partial charge in [-0.2, -0.15) is 5.26 Å². The van der Waals surface area contributed by atoms with Crippen LogP contribution >= 0.6 is 11.8 Å². The minimum Gasteiger partial charge on any atom is -0.376 e. The number of aromatic nitrogens is 3. The summed E-state index contributed by atoms with van der Waals surface area (Å²) in [5.74, 6) is 1.76. The molecule has 4 heterocycles. The van der Waals surface area contributed by atoms with Crippen molar-refractivity contribution in [2.75, 3.05) is 48.8 Å². The number of hydrogen-bond donors (Lipinski definition) is 0. The van der Waals surface area contributed by atoms with E-state index in [-0.39, 0.29) is 0 Å². The third-order valence-electron chi connectivity index (χ3n) is 4.74. The standard InChI is InChI=1S/C18H20N6OS/c1-26-18-20-4-2-16(22-18)23-5-7-24(8-6-23)17-13(11-19)10-14-12-25-9-3-15(14)21-17/h2,4,10H,3,5-9,12H2,1H3. The number of nitrogens with zero attached hydrogens (tertiary/aromatic N) is 6. The smallest absolute Gasteiger partial charge is 0.189 e. The fourth-order valence-corrected chi connectivity index (χ4v) is 3.70. The molecule has 2 aromatic heterocycles. The van der Waals surface area contributed by atoms with Gasteiger partial charge in [0.15, 0.2) is 5.16 Å². The van der Waals surface area contributed by atoms with Crippen molar-refractivity contribution >= 4 is 23.4 Å². The maximum Gasteiger partial charge on any atom is 0.189 e. The van der Waals surface area contributed by atoms with E-state index in [2.05, 4.69) is 25.8 Å². The largest absolute Gasteiger partial charge is 0.376 e. The quantitative estimate of drug-likeness (QED) is 0.600. The van der Waals surface area contributed by atoms with Crippen LogP contribution < -0.4 is 9.80 Å². The molecule has 0 amide bonds. The fraction of sp³-hybridized carbons (Fsp3) is 0.444. The van der Waals surface area contributed by atoms with Crippen LogP contribution in [0.5, 0.6) is 0 Å². The van der Waals surface area contributed by atoms with Crippen LogP contribution in [0.4, 0.5) is 11.6 Å². The number of rotatable bonds is 3. The van der Waals surface area contributed by atoms with Gasteiger partial charge in [0, 0.05) is 44.4 Å². The Labute approximate surface area is 157 Å². The summed E-state index contributed by atoms with van der Waals surface area (Å²) in [7, 11) is 0. The van der Waals surface area contributed by atoms with E-state index in [1.165, 1.54) is 0 Å². The van der Waals surface area contributed by atoms with Crippen molar-refractivity contribution in [2.45, 2.75) is 18.2 Å². The van der Waals surface area contributed by atoms with Crippen molar-refractivity contribution < 1.29 is 4.74 Å². The Morgan fingerprint density at radius 2 is 2.00 bits per heavy atom. The SMILES string of the molecule is CSc1nccc(N2CCN(c3nc4c(cc3C#N)COCC4)CC2)n1. The van der Waals surface area contributed by atoms with Crippen LogP contribution in [-0.2, 0) is 17.8 Å². The zero-order valence-electron chi connectivity index (χ0n) is 14.7. The van der Waals surface area contributed by atoms with E-state index in [0.29, 0.717) is 18.8 Å². The van der Waals surface area contributed by atoms with E-state index in [9.17, 15) is 5.26 Å². The predicted molar refractivity (Wildman–Crippen MR) is 101 cm³/mol. The van der Waals surface area contributed by atoms with Crippen LogP contribution in [0.1, 0.15) is 16.8 Å². The molecule has 0 N–H and O–H groups in total. The van der Waals surface area contributed by atoms with Gasteiger partial charge in [-0.3, -0.25) is 0 Å². The first-order chi connectivity index (χ1) is 12.8. The number of hydrogen-bond acceptors (Lipinski definition) is 8. The van der Waals surface area contributed by atoms with Crippen molar-refractivity contribution in [2.24, 2.45) is 0 Å². The summed E-state index contributed by atoms with van der Waals surface area (Å²) in [4.78, 5) is 18.1. The molecule has 0 saturated carbocycles. The van der Waals surface area contributed by atoms with Gasteiger partial charge in [0.05, 0.1) is 24.5 Å². The second-order valence-corrected chi connectivity index (χ2v) is 7.03. The lowest BCUT2D eigenvalue weighted by Crippen LogP contribution is -2.47. The number of piperazine rings is 1. The van der Waals surface area contributed by atoms with Crippen molar-refractivity contribution in [1.82, 2.24) is 15.0 Å². The zero-order chi connectivity index (χ0) is 17.9. The monoisotopic (exact) mass is 368 g/mol. The summed E-state index contributed by atoms with van der Waals surface area (Å²) in [5, 5.41) is 10.3. The van der Waals surface area contributed by atoms with E-state index in [0.717, 1.165) is 60.6 Å². The van der Waals surface area contributed by atoms with Crippen molar-refractivity contribution in [3.63, 3.8) is 0 Å². The van der Waals surface area contributed by atoms with Crippen molar-refractivity contribution in [3.05, 3.63) is 35.2 Å². The molecular weight excluding hydrogens is 348 g/mol. The Morgan fingerprint density at radius 3 is 2.77 bits per heavy atom. The molecule has 1 saturated heterocycles. The van der Waals surface area contributed by atoms with Crippen molar-refractivity contribution in [3.8, 4) is 6.07 Å². The Bertz CT molecular complexity index is 844. The molecule has 0 bridgehead atoms. The molecule has 0 radical (unpaired) electrons. The number of ether oxygens (including phenoxy) is 1. The Morgan fingerprint density at radius 1 is 1.19 bits per heavy atom. The van der Waals surface area contributed by atoms with Crippen LogP contribution in [0.15, 0.2) is 23.5 Å². The van der Waals surface area contributed by atoms with E-state index in [1.54, 1.807) is 18.0 Å². The minimum atomic E-state index is 0.552. The average Bonchev–Trinajstić information content (AvgIpc) is 2.73. The van der Waals surface area contributed by atoms with E-state index in [4.69, 9.17) is 9.72 Å². The maximum absolute atomic E-state index is 9.55. The van der Waals surface area contributed by atoms with Crippen molar-refractivity contribution in [1.29, 1.82) is 5.26 Å². The van der Waals surface area contributed by atoms with Gasteiger partial charge < -0.3 is 14.5 Å². The molecule has 0 aromatic carbocycles. The Hall–Kier alpha value is -2.37. The molecule has 0 spiro atoms. The summed E-state index contributed by atoms with van der Waals surface area (Å²) < 4.78 is 5.48. The Balaban J connectivity index is 1.52. The molecule has 134 valence electrons. The number of thioether (sulfide) groups is 1. The second-order valence-electron chi connectivity index (χ2n) is 6.26. The van der Waals surface area contributed by atoms with Gasteiger partial charge in [-0.15, -0.1) is 0 Å². The average molecular weight is 368 g/mol. The lowest BCUT2D eigenvalue weighted by molar-refractivity contribution is 0.109. The molecule has 0 aliphatic carbocycles. The highest BCUT2D eigenvalue weighted by molar-refractivity contribution is 7.98. The highest BCUT2D eigenvalue weighted by Crippen LogP contribution is 2.26. The molecule has 2 aromatic rings. The van der Waals surface area contributed by atoms with Crippen LogP contribution in [0, 0.1) is 11.3 Å². The van der Waals surface area contributed by atoms with Gasteiger partial charge in [0.25, 0.3) is 0 Å². The van der Waals surface area contributed by atoms with Crippen LogP contribution in [0.25, 0.3) is 0 Å². The van der Waals surface area contributed by atoms with Gasteiger partial charge in [-0.05, 0) is 18.4 Å². The molecule has 26 heavy (non-hydrogen) atoms. The number of pyridine rings is 1. The van der Waals surface area contributed by atoms with Crippen LogP contribution in [0.3, 0.4) is 0 Å². The summed E-state index contributed by atoms with van der Waals surface area (Å²) in [5.41, 5.74) is 2.74. The number of fused-ring (bicyclic) bond motifs is 1. The number of anilines is 2. The van der Waals surface area contributed by atoms with E-state index < -0.39 is 0 Å². The fourth-order valence-electron chi connectivity index (χ4n) is 3.35. The highest BCUT2D eigenvalue weighted by Gasteiger charge is 2.24. The summed E-state index contributed by atoms with van der Waals surface area (Å²) in [6.45, 7) is 4.57. The Kier molecular flexibility index (Phi) is 4.91. The predicted octanol–water partition coefficient (Wildman–Crippen LogP) is 1.86. The molecule has 0 unspecified atom stereocenters. The lowest BCUT2D eigenvalue weighted by Gasteiger charge is -2.36. The second kappa shape index (κ2) is 7.48. The molecule has 8 heteroatoms. The maximum atomic E-state index is 9.55. The third kappa shape index (κ3) is 3.32. The van der Waals surface area contributed by atoms with Gasteiger partial charge in [0.1, 0.15) is 17.7 Å². The molecule has 2 aliphatic rings. The normalized spacial score (nSPS) is 16.9. The van der Waals surface area contributed by atoms with Gasteiger partial charge in [0.2, 0.25) is 0 Å². The van der Waals surface area contributed by atoms with E-state index >= 15 is 0 Å². The highest BCUT2D eigenvalue weighted by atomic mass is 32.2. The first kappa shape index (κ1) is 17.1. The van der Waals surface area contributed by atoms with Crippen LogP contribution in [0.2, 0.25) is 0 Å². The first-order valence-electron chi connectivity index (χ1n) is 8.66. The number of nitriles is 1. The summed E-state index contributed by atoms with van der Waals surface area (Å²) >= 11 is 1.55. The topological polar surface area (TPSA) is 78.2 Å². The molecule has 2 aliphatic heterocycles. The first-order valence-corrected chi connectivity index (χ1v) is 9.88. The van der Waals surface area contributed by atoms with Crippen LogP contribution in [-0.4, -0.2) is 54.0 Å². The summed E-state index contributed by atoms with van der Waals surface area (Å²) in [6, 6.07) is 6.20. The van der Waals surface area contributed by atoms with Gasteiger partial charge >= 0.3 is 0 Å². The molecule has 7 nitrogen and oxygen atoms in total. The molecule has 0 atom stereocenters. The molecule has 1 fully saturated rings. The van der Waals surface area contributed by atoms with E-state index in [1.807, 2.05) is 18.4 Å². The molecule has 4 rings (SSSR count).